The SMILES string of the molecule is CON(C)C(=O)CN(C(=O)O)C(C=CC(C)(C)C)CO. The van der Waals surface area contributed by atoms with E-state index in [1.165, 1.54) is 14.2 Å². The van der Waals surface area contributed by atoms with Gasteiger partial charge in [0.25, 0.3) is 5.91 Å². The fourth-order valence-corrected chi connectivity index (χ4v) is 1.34. The van der Waals surface area contributed by atoms with E-state index in [9.17, 15) is 19.8 Å². The highest BCUT2D eigenvalue weighted by Crippen LogP contribution is 2.16. The summed E-state index contributed by atoms with van der Waals surface area (Å²) in [6.07, 6.45) is 2.11. The number of aliphatic hydroxyl groups is 1. The van der Waals surface area contributed by atoms with Gasteiger partial charge in [0.05, 0.1) is 19.8 Å². The van der Waals surface area contributed by atoms with E-state index in [0.717, 1.165) is 9.96 Å². The van der Waals surface area contributed by atoms with Crippen LogP contribution in [-0.4, -0.2) is 65.5 Å². The summed E-state index contributed by atoms with van der Waals surface area (Å²) in [5, 5.41) is 19.5. The number of hydroxylamine groups is 2. The van der Waals surface area contributed by atoms with Gasteiger partial charge in [-0.1, -0.05) is 32.9 Å². The van der Waals surface area contributed by atoms with Crippen LogP contribution in [0.1, 0.15) is 20.8 Å². The van der Waals surface area contributed by atoms with Gasteiger partial charge in [-0.2, -0.15) is 0 Å². The Morgan fingerprint density at radius 3 is 2.25 bits per heavy atom. The molecule has 0 aliphatic heterocycles. The molecule has 7 heteroatoms. The molecule has 20 heavy (non-hydrogen) atoms. The zero-order valence-corrected chi connectivity index (χ0v) is 12.7. The van der Waals surface area contributed by atoms with Gasteiger partial charge < -0.3 is 10.2 Å². The van der Waals surface area contributed by atoms with Crippen LogP contribution in [0.2, 0.25) is 0 Å². The van der Waals surface area contributed by atoms with Gasteiger partial charge in [-0.3, -0.25) is 14.5 Å². The van der Waals surface area contributed by atoms with Crippen LogP contribution in [0.25, 0.3) is 0 Å². The third-order valence-electron chi connectivity index (χ3n) is 2.58. The van der Waals surface area contributed by atoms with E-state index in [4.69, 9.17) is 4.84 Å². The Morgan fingerprint density at radius 2 is 1.90 bits per heavy atom. The molecular weight excluding hydrogens is 264 g/mol. The number of aliphatic hydroxyl groups excluding tert-OH is 1. The molecule has 2 N–H and O–H groups in total. The molecule has 0 bridgehead atoms. The molecule has 116 valence electrons. The lowest BCUT2D eigenvalue weighted by Gasteiger charge is -2.27. The van der Waals surface area contributed by atoms with E-state index in [1.807, 2.05) is 20.8 Å². The van der Waals surface area contributed by atoms with Crippen molar-refractivity contribution in [3.05, 3.63) is 12.2 Å². The number of amides is 2. The molecule has 7 nitrogen and oxygen atoms in total. The molecule has 0 radical (unpaired) electrons. The molecule has 0 aromatic carbocycles. The second-order valence-electron chi connectivity index (χ2n) is 5.46. The van der Waals surface area contributed by atoms with E-state index in [0.29, 0.717) is 0 Å². The molecule has 0 saturated carbocycles. The Morgan fingerprint density at radius 1 is 1.35 bits per heavy atom. The molecule has 2 amide bonds. The van der Waals surface area contributed by atoms with Crippen molar-refractivity contribution in [2.45, 2.75) is 26.8 Å². The molecular formula is C13H24N2O5. The van der Waals surface area contributed by atoms with Gasteiger partial charge in [0, 0.05) is 7.05 Å². The van der Waals surface area contributed by atoms with Crippen molar-refractivity contribution in [2.24, 2.45) is 5.41 Å². The van der Waals surface area contributed by atoms with E-state index in [-0.39, 0.29) is 12.0 Å². The topological polar surface area (TPSA) is 90.3 Å². The molecule has 0 spiro atoms. The summed E-state index contributed by atoms with van der Waals surface area (Å²) in [6, 6.07) is -0.777. The van der Waals surface area contributed by atoms with Crippen LogP contribution in [0.5, 0.6) is 0 Å². The average molecular weight is 288 g/mol. The van der Waals surface area contributed by atoms with Crippen molar-refractivity contribution in [3.8, 4) is 0 Å². The summed E-state index contributed by atoms with van der Waals surface area (Å²) in [7, 11) is 2.70. The first-order valence-electron chi connectivity index (χ1n) is 6.22. The Kier molecular flexibility index (Phi) is 7.23. The lowest BCUT2D eigenvalue weighted by Crippen LogP contribution is -2.46. The van der Waals surface area contributed by atoms with Gasteiger partial charge in [0.2, 0.25) is 0 Å². The monoisotopic (exact) mass is 288 g/mol. The third-order valence-corrected chi connectivity index (χ3v) is 2.58. The van der Waals surface area contributed by atoms with Crippen molar-refractivity contribution in [1.82, 2.24) is 9.96 Å². The summed E-state index contributed by atoms with van der Waals surface area (Å²) < 4.78 is 0. The molecule has 0 aromatic rings. The van der Waals surface area contributed by atoms with Gasteiger partial charge in [0.15, 0.2) is 0 Å². The molecule has 0 aromatic heterocycles. The smallest absolute Gasteiger partial charge is 0.408 e. The minimum atomic E-state index is -1.28. The van der Waals surface area contributed by atoms with Crippen LogP contribution in [0, 0.1) is 5.41 Å². The predicted octanol–water partition coefficient (Wildman–Crippen LogP) is 0.949. The zero-order chi connectivity index (χ0) is 15.9. The fraction of sp³-hybridized carbons (Fsp3) is 0.692. The number of carbonyl (C=O) groups excluding carboxylic acids is 1. The summed E-state index contributed by atoms with van der Waals surface area (Å²) >= 11 is 0. The molecule has 1 unspecified atom stereocenters. The Labute approximate surface area is 119 Å². The molecule has 0 aliphatic rings. The number of hydrogen-bond donors (Lipinski definition) is 2. The maximum Gasteiger partial charge on any atom is 0.408 e. The molecule has 0 saturated heterocycles. The number of likely N-dealkylation sites (N-methyl/N-ethyl adjacent to an activating group) is 1. The highest BCUT2D eigenvalue weighted by molar-refractivity contribution is 5.81. The number of carboxylic acid groups (broad SMARTS) is 1. The minimum Gasteiger partial charge on any atom is -0.465 e. The van der Waals surface area contributed by atoms with E-state index >= 15 is 0 Å². The number of allylic oxidation sites excluding steroid dienone is 1. The number of nitrogens with zero attached hydrogens (tertiary/aromatic N) is 2. The number of hydrogen-bond acceptors (Lipinski definition) is 4. The quantitative estimate of drug-likeness (QED) is 0.561. The molecule has 0 rings (SSSR count). The Bertz CT molecular complexity index is 362. The first-order chi connectivity index (χ1) is 9.12. The van der Waals surface area contributed by atoms with Crippen LogP contribution in [0.15, 0.2) is 12.2 Å². The van der Waals surface area contributed by atoms with Gasteiger partial charge in [0.1, 0.15) is 6.54 Å². The van der Waals surface area contributed by atoms with Crippen LogP contribution >= 0.6 is 0 Å². The fourth-order valence-electron chi connectivity index (χ4n) is 1.34. The van der Waals surface area contributed by atoms with Crippen LogP contribution < -0.4 is 0 Å². The van der Waals surface area contributed by atoms with Gasteiger partial charge in [-0.25, -0.2) is 9.86 Å². The normalized spacial score (nSPS) is 13.3. The van der Waals surface area contributed by atoms with Crippen molar-refractivity contribution in [3.63, 3.8) is 0 Å². The number of carbonyl (C=O) groups is 2. The van der Waals surface area contributed by atoms with Crippen molar-refractivity contribution in [1.29, 1.82) is 0 Å². The van der Waals surface area contributed by atoms with Crippen molar-refractivity contribution in [2.75, 3.05) is 27.3 Å². The minimum absolute atomic E-state index is 0.148. The molecule has 0 aliphatic carbocycles. The summed E-state index contributed by atoms with van der Waals surface area (Å²) in [5.74, 6) is -0.516. The molecule has 1 atom stereocenters. The second-order valence-corrected chi connectivity index (χ2v) is 5.46. The maximum absolute atomic E-state index is 11.7. The zero-order valence-electron chi connectivity index (χ0n) is 12.7. The summed E-state index contributed by atoms with van der Waals surface area (Å²) in [6.45, 7) is 5.06. The van der Waals surface area contributed by atoms with E-state index in [1.54, 1.807) is 12.2 Å². The largest absolute Gasteiger partial charge is 0.465 e. The predicted molar refractivity (Wildman–Crippen MR) is 74.0 cm³/mol. The van der Waals surface area contributed by atoms with Crippen LogP contribution in [0.3, 0.4) is 0 Å². The summed E-state index contributed by atoms with van der Waals surface area (Å²) in [5.41, 5.74) is -0.148. The van der Waals surface area contributed by atoms with Gasteiger partial charge >= 0.3 is 6.09 Å². The van der Waals surface area contributed by atoms with Gasteiger partial charge in [-0.15, -0.1) is 0 Å². The van der Waals surface area contributed by atoms with E-state index in [2.05, 4.69) is 0 Å². The molecule has 0 fully saturated rings. The highest BCUT2D eigenvalue weighted by Gasteiger charge is 2.25. The number of rotatable bonds is 6. The first-order valence-corrected chi connectivity index (χ1v) is 6.22. The lowest BCUT2D eigenvalue weighted by molar-refractivity contribution is -0.169. The van der Waals surface area contributed by atoms with Crippen LogP contribution in [-0.2, 0) is 9.63 Å². The van der Waals surface area contributed by atoms with Gasteiger partial charge in [-0.05, 0) is 5.41 Å². The average Bonchev–Trinajstić information content (AvgIpc) is 2.35. The third kappa shape index (κ3) is 6.53. The second kappa shape index (κ2) is 7.86. The highest BCUT2D eigenvalue weighted by atomic mass is 16.7. The molecule has 0 heterocycles. The maximum atomic E-state index is 11.7. The van der Waals surface area contributed by atoms with E-state index < -0.39 is 24.6 Å². The lowest BCUT2D eigenvalue weighted by atomic mass is 9.95. The first kappa shape index (κ1) is 18.4. The van der Waals surface area contributed by atoms with Crippen molar-refractivity contribution >= 4 is 12.0 Å². The standard InChI is InChI=1S/C13H24N2O5/c1-13(2,3)7-6-10(9-16)15(12(18)19)8-11(17)14(4)20-5/h6-7,10,16H,8-9H2,1-5H3,(H,18,19). The van der Waals surface area contributed by atoms with Crippen molar-refractivity contribution < 1.29 is 24.6 Å². The Balaban J connectivity index is 5.00. The summed E-state index contributed by atoms with van der Waals surface area (Å²) in [4.78, 5) is 28.5. The Hall–Kier alpha value is -1.60. The van der Waals surface area contributed by atoms with Crippen LogP contribution in [0.4, 0.5) is 4.79 Å².